The van der Waals surface area contributed by atoms with E-state index in [1.54, 1.807) is 0 Å². The second-order valence-corrected chi connectivity index (χ2v) is 5.12. The highest BCUT2D eigenvalue weighted by Gasteiger charge is 2.15. The van der Waals surface area contributed by atoms with E-state index in [1.165, 1.54) is 18.3 Å². The van der Waals surface area contributed by atoms with Crippen molar-refractivity contribution in [2.24, 2.45) is 0 Å². The number of halogens is 1. The van der Waals surface area contributed by atoms with Gasteiger partial charge in [0.25, 0.3) is 0 Å². The molecular weight excluding hydrogens is 358 g/mol. The summed E-state index contributed by atoms with van der Waals surface area (Å²) < 4.78 is 0. The van der Waals surface area contributed by atoms with Crippen molar-refractivity contribution in [3.05, 3.63) is 35.2 Å². The van der Waals surface area contributed by atoms with Crippen molar-refractivity contribution in [1.29, 1.82) is 0 Å². The Balaban J connectivity index is 0.00000220. The minimum Gasteiger partial charge on any atom is -0.481 e. The molecule has 112 valence electrons. The fourth-order valence-corrected chi connectivity index (χ4v) is 2.55. The number of aliphatic carboxylic acids is 1. The van der Waals surface area contributed by atoms with Gasteiger partial charge in [0, 0.05) is 17.4 Å². The molecule has 3 N–H and O–H groups in total. The first kappa shape index (κ1) is 17.1. The lowest BCUT2D eigenvalue weighted by Crippen LogP contribution is -2.26. The Labute approximate surface area is 136 Å². The van der Waals surface area contributed by atoms with Crippen molar-refractivity contribution in [2.45, 2.75) is 13.3 Å². The fraction of sp³-hybridized carbons (Fsp3) is 0.154. The van der Waals surface area contributed by atoms with Crippen molar-refractivity contribution in [3.8, 4) is 11.3 Å². The quantitative estimate of drug-likeness (QED) is 0.702. The molecule has 1 amide bonds. The molecule has 6 nitrogen and oxygen atoms in total. The smallest absolute Gasteiger partial charge is 0.308 e. The number of amides is 1. The minimum absolute atomic E-state index is 0. The summed E-state index contributed by atoms with van der Waals surface area (Å²) in [5.41, 5.74) is 6.54. The number of benzene rings is 1. The Morgan fingerprint density at radius 2 is 1.95 bits per heavy atom. The van der Waals surface area contributed by atoms with Crippen molar-refractivity contribution in [3.63, 3.8) is 0 Å². The molecule has 1 aromatic heterocycles. The number of nitrogens with one attached hydrogen (secondary N) is 2. The molecule has 0 radical (unpaired) electrons. The molecule has 21 heavy (non-hydrogen) atoms. The summed E-state index contributed by atoms with van der Waals surface area (Å²) in [6.45, 7) is 1.37. The molecule has 0 aliphatic rings. The highest BCUT2D eigenvalue weighted by atomic mass is 79.9. The third kappa shape index (κ3) is 4.83. The SMILES string of the molecule is Br.CC(=O)NNc1nc(-c2ccccc2)c(CC(=O)O)s1. The number of rotatable bonds is 5. The van der Waals surface area contributed by atoms with Gasteiger partial charge >= 0.3 is 5.97 Å². The Bertz CT molecular complexity index is 631. The third-order valence-corrected chi connectivity index (χ3v) is 3.37. The average molecular weight is 372 g/mol. The Kier molecular flexibility index (Phi) is 6.32. The first-order chi connectivity index (χ1) is 9.56. The van der Waals surface area contributed by atoms with Gasteiger partial charge in [-0.2, -0.15) is 0 Å². The fourth-order valence-electron chi connectivity index (χ4n) is 1.63. The number of hydrazine groups is 1. The monoisotopic (exact) mass is 371 g/mol. The standard InChI is InChI=1S/C13H13N3O3S.BrH/c1-8(17)15-16-13-14-12(9-5-3-2-4-6-9)10(20-13)7-11(18)19;/h2-6H,7H2,1H3,(H,14,16)(H,15,17)(H,18,19);1H. The molecule has 0 fully saturated rings. The van der Waals surface area contributed by atoms with Gasteiger partial charge in [-0.3, -0.25) is 20.4 Å². The Morgan fingerprint density at radius 1 is 1.29 bits per heavy atom. The van der Waals surface area contributed by atoms with Gasteiger partial charge < -0.3 is 5.11 Å². The Hall–Kier alpha value is -1.93. The largest absolute Gasteiger partial charge is 0.481 e. The number of anilines is 1. The highest BCUT2D eigenvalue weighted by Crippen LogP contribution is 2.31. The van der Waals surface area contributed by atoms with Gasteiger partial charge in [0.05, 0.1) is 12.1 Å². The van der Waals surface area contributed by atoms with E-state index in [9.17, 15) is 9.59 Å². The summed E-state index contributed by atoms with van der Waals surface area (Å²) in [4.78, 5) is 26.8. The van der Waals surface area contributed by atoms with Gasteiger partial charge in [-0.25, -0.2) is 4.98 Å². The summed E-state index contributed by atoms with van der Waals surface area (Å²) in [6.07, 6.45) is -0.107. The van der Waals surface area contributed by atoms with Crippen LogP contribution in [0.2, 0.25) is 0 Å². The molecular formula is C13H14BrN3O3S. The topological polar surface area (TPSA) is 91.3 Å². The zero-order valence-electron chi connectivity index (χ0n) is 11.1. The molecule has 0 aliphatic carbocycles. The maximum Gasteiger partial charge on any atom is 0.308 e. The molecule has 0 saturated carbocycles. The summed E-state index contributed by atoms with van der Waals surface area (Å²) in [5, 5.41) is 9.41. The summed E-state index contributed by atoms with van der Waals surface area (Å²) >= 11 is 1.21. The van der Waals surface area contributed by atoms with Crippen LogP contribution in [0.5, 0.6) is 0 Å². The second kappa shape index (κ2) is 7.75. The summed E-state index contributed by atoms with van der Waals surface area (Å²) in [6, 6.07) is 9.33. The van der Waals surface area contributed by atoms with E-state index in [2.05, 4.69) is 15.8 Å². The third-order valence-electron chi connectivity index (χ3n) is 2.40. The van der Waals surface area contributed by atoms with Gasteiger partial charge in [-0.1, -0.05) is 41.7 Å². The average Bonchev–Trinajstić information content (AvgIpc) is 2.79. The van der Waals surface area contributed by atoms with Gasteiger partial charge in [0.1, 0.15) is 0 Å². The zero-order chi connectivity index (χ0) is 14.5. The molecule has 0 spiro atoms. The molecule has 0 aliphatic heterocycles. The second-order valence-electron chi connectivity index (χ2n) is 4.03. The maximum atomic E-state index is 10.9. The molecule has 0 atom stereocenters. The number of carboxylic acids is 1. The lowest BCUT2D eigenvalue weighted by atomic mass is 10.1. The first-order valence-electron chi connectivity index (χ1n) is 5.86. The van der Waals surface area contributed by atoms with E-state index in [4.69, 9.17) is 5.11 Å². The molecule has 1 heterocycles. The number of hydrogen-bond acceptors (Lipinski definition) is 5. The maximum absolute atomic E-state index is 10.9. The highest BCUT2D eigenvalue weighted by molar-refractivity contribution is 8.93. The number of thiazole rings is 1. The predicted molar refractivity (Wildman–Crippen MR) is 86.7 cm³/mol. The number of hydrogen-bond donors (Lipinski definition) is 3. The van der Waals surface area contributed by atoms with Crippen LogP contribution in [0.3, 0.4) is 0 Å². The van der Waals surface area contributed by atoms with Crippen LogP contribution in [0.1, 0.15) is 11.8 Å². The van der Waals surface area contributed by atoms with Crippen LogP contribution in [0.4, 0.5) is 5.13 Å². The van der Waals surface area contributed by atoms with Crippen LogP contribution in [-0.4, -0.2) is 22.0 Å². The predicted octanol–water partition coefficient (Wildman–Crippen LogP) is 2.48. The lowest BCUT2D eigenvalue weighted by molar-refractivity contribution is -0.136. The zero-order valence-corrected chi connectivity index (χ0v) is 13.7. The van der Waals surface area contributed by atoms with Crippen LogP contribution >= 0.6 is 28.3 Å². The molecule has 2 rings (SSSR count). The molecule has 0 saturated heterocycles. The van der Waals surface area contributed by atoms with Crippen molar-refractivity contribution < 1.29 is 14.7 Å². The molecule has 8 heteroatoms. The number of nitrogens with zero attached hydrogens (tertiary/aromatic N) is 1. The molecule has 2 aromatic rings. The Morgan fingerprint density at radius 3 is 2.52 bits per heavy atom. The van der Waals surface area contributed by atoms with Gasteiger partial charge in [-0.05, 0) is 0 Å². The van der Waals surface area contributed by atoms with Crippen molar-refractivity contribution in [1.82, 2.24) is 10.4 Å². The van der Waals surface area contributed by atoms with E-state index >= 15 is 0 Å². The van der Waals surface area contributed by atoms with Crippen molar-refractivity contribution >= 4 is 45.3 Å². The molecule has 1 aromatic carbocycles. The van der Waals surface area contributed by atoms with Crippen LogP contribution < -0.4 is 10.9 Å². The van der Waals surface area contributed by atoms with Crippen molar-refractivity contribution in [2.75, 3.05) is 5.43 Å². The number of aromatic nitrogens is 1. The van der Waals surface area contributed by atoms with E-state index in [-0.39, 0.29) is 29.3 Å². The van der Waals surface area contributed by atoms with Crippen LogP contribution in [0, 0.1) is 0 Å². The van der Waals surface area contributed by atoms with Gasteiger partial charge in [0.15, 0.2) is 0 Å². The van der Waals surface area contributed by atoms with Gasteiger partial charge in [-0.15, -0.1) is 17.0 Å². The summed E-state index contributed by atoms with van der Waals surface area (Å²) in [5.74, 6) is -1.17. The van der Waals surface area contributed by atoms with Crippen LogP contribution in [-0.2, 0) is 16.0 Å². The lowest BCUT2D eigenvalue weighted by Gasteiger charge is -2.00. The number of carboxylic acid groups (broad SMARTS) is 1. The van der Waals surface area contributed by atoms with E-state index in [0.717, 1.165) is 5.56 Å². The molecule has 0 bridgehead atoms. The minimum atomic E-state index is -0.920. The summed E-state index contributed by atoms with van der Waals surface area (Å²) in [7, 11) is 0. The van der Waals surface area contributed by atoms with E-state index in [1.807, 2.05) is 30.3 Å². The molecule has 0 unspecified atom stereocenters. The number of carbonyl (C=O) groups excluding carboxylic acids is 1. The van der Waals surface area contributed by atoms with E-state index in [0.29, 0.717) is 15.7 Å². The first-order valence-corrected chi connectivity index (χ1v) is 6.67. The van der Waals surface area contributed by atoms with E-state index < -0.39 is 5.97 Å². The van der Waals surface area contributed by atoms with Gasteiger partial charge in [0.2, 0.25) is 11.0 Å². The van der Waals surface area contributed by atoms with Crippen LogP contribution in [0.15, 0.2) is 30.3 Å². The number of carbonyl (C=O) groups is 2. The van der Waals surface area contributed by atoms with Crippen LogP contribution in [0.25, 0.3) is 11.3 Å². The normalized spacial score (nSPS) is 9.57.